The summed E-state index contributed by atoms with van der Waals surface area (Å²) >= 11 is 0. The van der Waals surface area contributed by atoms with Gasteiger partial charge in [0.1, 0.15) is 0 Å². The van der Waals surface area contributed by atoms with Gasteiger partial charge in [-0.05, 0) is 18.6 Å². The van der Waals surface area contributed by atoms with Gasteiger partial charge in [0.15, 0.2) is 6.29 Å². The van der Waals surface area contributed by atoms with Crippen LogP contribution in [0.15, 0.2) is 30.3 Å². The first-order chi connectivity index (χ1) is 7.42. The molecule has 0 radical (unpaired) electrons. The Morgan fingerprint density at radius 2 is 2.13 bits per heavy atom. The van der Waals surface area contributed by atoms with Crippen molar-refractivity contribution in [2.75, 3.05) is 0 Å². The third-order valence-corrected chi connectivity index (χ3v) is 2.96. The number of allylic oxidation sites excluding steroid dienone is 1. The van der Waals surface area contributed by atoms with Gasteiger partial charge in [0.05, 0.1) is 5.69 Å². The molecule has 0 spiro atoms. The van der Waals surface area contributed by atoms with E-state index in [1.165, 1.54) is 5.52 Å². The van der Waals surface area contributed by atoms with Gasteiger partial charge in [-0.3, -0.25) is 4.79 Å². The molecule has 2 heterocycles. The van der Waals surface area contributed by atoms with Crippen molar-refractivity contribution in [3.05, 3.63) is 41.6 Å². The maximum Gasteiger partial charge on any atom is 0.152 e. The number of carbonyl (C=O) groups is 1. The van der Waals surface area contributed by atoms with Crippen molar-refractivity contribution in [3.8, 4) is 0 Å². The largest absolute Gasteiger partial charge is 0.340 e. The van der Waals surface area contributed by atoms with Gasteiger partial charge in [-0.2, -0.15) is 0 Å². The third-order valence-electron chi connectivity index (χ3n) is 2.96. The quantitative estimate of drug-likeness (QED) is 0.644. The fourth-order valence-corrected chi connectivity index (χ4v) is 2.29. The first kappa shape index (κ1) is 8.48. The van der Waals surface area contributed by atoms with E-state index in [0.29, 0.717) is 0 Å². The lowest BCUT2D eigenvalue weighted by molar-refractivity contribution is 0.112. The van der Waals surface area contributed by atoms with Crippen LogP contribution in [0.1, 0.15) is 22.5 Å². The van der Waals surface area contributed by atoms with E-state index in [9.17, 15) is 4.79 Å². The topological polar surface area (TPSA) is 22.0 Å². The number of aromatic nitrogens is 1. The number of aldehydes is 1. The molecule has 2 nitrogen and oxygen atoms in total. The molecule has 2 heteroatoms. The standard InChI is InChI=1S/C13H11NO/c15-9-11-10-5-1-2-6-12(10)14-8-4-3-7-13(11)14/h1-3,5-7,9H,4,8H2. The van der Waals surface area contributed by atoms with Crippen LogP contribution in [0.3, 0.4) is 0 Å². The van der Waals surface area contributed by atoms with Gasteiger partial charge in [0, 0.05) is 23.0 Å². The van der Waals surface area contributed by atoms with Crippen molar-refractivity contribution in [2.45, 2.75) is 13.0 Å². The fraction of sp³-hybridized carbons (Fsp3) is 0.154. The molecule has 0 saturated carbocycles. The maximum atomic E-state index is 11.1. The predicted octanol–water partition coefficient (Wildman–Crippen LogP) is 2.87. The molecular formula is C13H11NO. The molecule has 0 bridgehead atoms. The minimum atomic E-state index is 0.821. The highest BCUT2D eigenvalue weighted by molar-refractivity contribution is 6.01. The number of benzene rings is 1. The van der Waals surface area contributed by atoms with E-state index >= 15 is 0 Å². The van der Waals surface area contributed by atoms with E-state index in [0.717, 1.165) is 35.9 Å². The van der Waals surface area contributed by atoms with Crippen molar-refractivity contribution in [1.29, 1.82) is 0 Å². The van der Waals surface area contributed by atoms with Crippen LogP contribution in [0, 0.1) is 0 Å². The number of rotatable bonds is 1. The lowest BCUT2D eigenvalue weighted by Crippen LogP contribution is -2.03. The van der Waals surface area contributed by atoms with Crippen LogP contribution in [-0.2, 0) is 6.54 Å². The van der Waals surface area contributed by atoms with Gasteiger partial charge in [-0.15, -0.1) is 0 Å². The molecule has 3 rings (SSSR count). The summed E-state index contributed by atoms with van der Waals surface area (Å²) in [6, 6.07) is 8.08. The molecule has 1 aliphatic heterocycles. The molecule has 74 valence electrons. The average Bonchev–Trinajstić information content (AvgIpc) is 2.63. The summed E-state index contributed by atoms with van der Waals surface area (Å²) in [6.45, 7) is 0.972. The highest BCUT2D eigenvalue weighted by Gasteiger charge is 2.15. The van der Waals surface area contributed by atoms with Crippen LogP contribution in [0.2, 0.25) is 0 Å². The smallest absolute Gasteiger partial charge is 0.152 e. The Kier molecular flexibility index (Phi) is 1.75. The molecule has 0 unspecified atom stereocenters. The Morgan fingerprint density at radius 3 is 3.00 bits per heavy atom. The van der Waals surface area contributed by atoms with Crippen molar-refractivity contribution >= 4 is 23.3 Å². The molecule has 15 heavy (non-hydrogen) atoms. The van der Waals surface area contributed by atoms with Gasteiger partial charge in [0.2, 0.25) is 0 Å². The summed E-state index contributed by atoms with van der Waals surface area (Å²) in [5.41, 5.74) is 3.04. The van der Waals surface area contributed by atoms with Gasteiger partial charge < -0.3 is 4.57 Å². The number of hydrogen-bond acceptors (Lipinski definition) is 1. The summed E-state index contributed by atoms with van der Waals surface area (Å²) in [6.07, 6.45) is 6.18. The summed E-state index contributed by atoms with van der Waals surface area (Å²) in [5.74, 6) is 0. The zero-order valence-electron chi connectivity index (χ0n) is 8.31. The Balaban J connectivity index is 2.49. The van der Waals surface area contributed by atoms with Crippen LogP contribution in [0.25, 0.3) is 17.0 Å². The second-order valence-corrected chi connectivity index (χ2v) is 3.78. The number of carbonyl (C=O) groups excluding carboxylic acids is 1. The van der Waals surface area contributed by atoms with Gasteiger partial charge in [-0.1, -0.05) is 24.3 Å². The highest BCUT2D eigenvalue weighted by atomic mass is 16.1. The second-order valence-electron chi connectivity index (χ2n) is 3.78. The minimum Gasteiger partial charge on any atom is -0.340 e. The van der Waals surface area contributed by atoms with Crippen molar-refractivity contribution in [3.63, 3.8) is 0 Å². The first-order valence-electron chi connectivity index (χ1n) is 5.15. The number of fused-ring (bicyclic) bond motifs is 3. The summed E-state index contributed by atoms with van der Waals surface area (Å²) in [5, 5.41) is 1.06. The molecule has 0 saturated heterocycles. The van der Waals surface area contributed by atoms with Gasteiger partial charge in [-0.25, -0.2) is 0 Å². The number of hydrogen-bond donors (Lipinski definition) is 0. The van der Waals surface area contributed by atoms with E-state index in [2.05, 4.69) is 16.7 Å². The Hall–Kier alpha value is -1.83. The van der Waals surface area contributed by atoms with E-state index in [1.807, 2.05) is 24.3 Å². The molecular weight excluding hydrogens is 186 g/mol. The summed E-state index contributed by atoms with van der Waals surface area (Å²) < 4.78 is 2.22. The SMILES string of the molecule is O=Cc1c2n(c3ccccc13)CCC=C2. The van der Waals surface area contributed by atoms with Gasteiger partial charge in [0.25, 0.3) is 0 Å². The Morgan fingerprint density at radius 1 is 1.27 bits per heavy atom. The Labute approximate surface area is 87.8 Å². The molecule has 0 N–H and O–H groups in total. The van der Waals surface area contributed by atoms with Crippen LogP contribution in [0.4, 0.5) is 0 Å². The van der Waals surface area contributed by atoms with Crippen LogP contribution < -0.4 is 0 Å². The predicted molar refractivity (Wildman–Crippen MR) is 61.0 cm³/mol. The molecule has 1 aliphatic rings. The van der Waals surface area contributed by atoms with Crippen molar-refractivity contribution in [1.82, 2.24) is 4.57 Å². The van der Waals surface area contributed by atoms with Crippen molar-refractivity contribution in [2.24, 2.45) is 0 Å². The second kappa shape index (κ2) is 3.09. The fourth-order valence-electron chi connectivity index (χ4n) is 2.29. The molecule has 2 aromatic rings. The monoisotopic (exact) mass is 197 g/mol. The molecule has 1 aromatic heterocycles. The Bertz CT molecular complexity index is 563. The van der Waals surface area contributed by atoms with E-state index in [4.69, 9.17) is 0 Å². The minimum absolute atomic E-state index is 0.821. The molecule has 0 aliphatic carbocycles. The normalized spacial score (nSPS) is 14.1. The van der Waals surface area contributed by atoms with E-state index in [-0.39, 0.29) is 0 Å². The van der Waals surface area contributed by atoms with Crippen LogP contribution in [0.5, 0.6) is 0 Å². The third kappa shape index (κ3) is 1.08. The lowest BCUT2D eigenvalue weighted by atomic mass is 10.1. The zero-order chi connectivity index (χ0) is 10.3. The number of aryl methyl sites for hydroxylation is 1. The number of para-hydroxylation sites is 1. The van der Waals surface area contributed by atoms with E-state index < -0.39 is 0 Å². The molecule has 1 aromatic carbocycles. The zero-order valence-corrected chi connectivity index (χ0v) is 8.31. The van der Waals surface area contributed by atoms with Crippen molar-refractivity contribution < 1.29 is 4.79 Å². The number of nitrogens with zero attached hydrogens (tertiary/aromatic N) is 1. The molecule has 0 fully saturated rings. The average molecular weight is 197 g/mol. The van der Waals surface area contributed by atoms with E-state index in [1.54, 1.807) is 0 Å². The lowest BCUT2D eigenvalue weighted by Gasteiger charge is -2.10. The first-order valence-corrected chi connectivity index (χ1v) is 5.15. The summed E-state index contributed by atoms with van der Waals surface area (Å²) in [7, 11) is 0. The molecule has 0 atom stereocenters. The summed E-state index contributed by atoms with van der Waals surface area (Å²) in [4.78, 5) is 11.1. The highest BCUT2D eigenvalue weighted by Crippen LogP contribution is 2.28. The maximum absolute atomic E-state index is 11.1. The van der Waals surface area contributed by atoms with Crippen LogP contribution >= 0.6 is 0 Å². The molecule has 0 amide bonds. The van der Waals surface area contributed by atoms with Gasteiger partial charge >= 0.3 is 0 Å². The van der Waals surface area contributed by atoms with Crippen LogP contribution in [-0.4, -0.2) is 10.9 Å².